The average Bonchev–Trinajstić information content (AvgIpc) is 2.85. The summed E-state index contributed by atoms with van der Waals surface area (Å²) < 4.78 is 26.9. The summed E-state index contributed by atoms with van der Waals surface area (Å²) in [5.74, 6) is 0.705. The topological polar surface area (TPSA) is 92.6 Å². The van der Waals surface area contributed by atoms with Crippen molar-refractivity contribution < 1.29 is 13.2 Å². The number of hydrogen-bond acceptors (Lipinski definition) is 4. The molecule has 126 valence electrons. The Bertz CT molecular complexity index is 796. The maximum atomic E-state index is 12.3. The van der Waals surface area contributed by atoms with Crippen molar-refractivity contribution in [3.63, 3.8) is 0 Å². The van der Waals surface area contributed by atoms with E-state index in [0.717, 1.165) is 17.8 Å². The summed E-state index contributed by atoms with van der Waals surface area (Å²) in [6, 6.07) is 5.56. The minimum atomic E-state index is -3.34. The molecular formula is C15H22N4O3S. The van der Waals surface area contributed by atoms with Crippen molar-refractivity contribution in [2.45, 2.75) is 20.3 Å². The number of rotatable bonds is 7. The van der Waals surface area contributed by atoms with Gasteiger partial charge in [0.1, 0.15) is 5.82 Å². The molecule has 2 aromatic rings. The van der Waals surface area contributed by atoms with E-state index in [1.807, 2.05) is 28.8 Å². The first-order valence-corrected chi connectivity index (χ1v) is 9.14. The second-order valence-electron chi connectivity index (χ2n) is 5.71. The molecule has 0 radical (unpaired) electrons. The van der Waals surface area contributed by atoms with Crippen molar-refractivity contribution in [3.05, 3.63) is 35.9 Å². The van der Waals surface area contributed by atoms with Crippen LogP contribution in [0.4, 0.5) is 0 Å². The fraction of sp³-hybridized carbons (Fsp3) is 0.467. The number of carbonyl (C=O) groups is 1. The third kappa shape index (κ3) is 4.29. The van der Waals surface area contributed by atoms with E-state index in [1.165, 1.54) is 7.05 Å². The molecule has 2 heterocycles. The van der Waals surface area contributed by atoms with Crippen molar-refractivity contribution in [1.82, 2.24) is 19.4 Å². The average molecular weight is 338 g/mol. The fourth-order valence-corrected chi connectivity index (χ4v) is 2.84. The maximum Gasteiger partial charge on any atom is 0.272 e. The standard InChI is InChI=1S/C15H22N4O3S/c1-11(2)10-13-18-14(12-6-4-5-8-19(12)13)15(20)17-7-9-23(21,22)16-3/h4-6,8,11,16H,7,9-10H2,1-3H3,(H,17,20). The molecule has 0 bridgehead atoms. The van der Waals surface area contributed by atoms with Crippen molar-refractivity contribution in [2.24, 2.45) is 5.92 Å². The third-order valence-electron chi connectivity index (χ3n) is 3.39. The molecule has 0 spiro atoms. The van der Waals surface area contributed by atoms with Gasteiger partial charge in [-0.3, -0.25) is 4.79 Å². The Morgan fingerprint density at radius 3 is 2.74 bits per heavy atom. The zero-order valence-corrected chi connectivity index (χ0v) is 14.4. The lowest BCUT2D eigenvalue weighted by Gasteiger charge is -2.04. The molecule has 2 rings (SSSR count). The van der Waals surface area contributed by atoms with Crippen LogP contribution in [0.1, 0.15) is 30.2 Å². The van der Waals surface area contributed by atoms with Crippen molar-refractivity contribution in [1.29, 1.82) is 0 Å². The number of nitrogens with one attached hydrogen (secondary N) is 2. The van der Waals surface area contributed by atoms with E-state index in [9.17, 15) is 13.2 Å². The SMILES string of the molecule is CNS(=O)(=O)CCNC(=O)c1nc(CC(C)C)n2ccccc12. The van der Waals surface area contributed by atoms with Gasteiger partial charge in [0.2, 0.25) is 10.0 Å². The highest BCUT2D eigenvalue weighted by atomic mass is 32.2. The Morgan fingerprint density at radius 2 is 2.09 bits per heavy atom. The van der Waals surface area contributed by atoms with Gasteiger partial charge in [0.05, 0.1) is 11.3 Å². The Kier molecular flexibility index (Phi) is 5.38. The molecule has 0 aliphatic rings. The van der Waals surface area contributed by atoms with Crippen molar-refractivity contribution >= 4 is 21.4 Å². The van der Waals surface area contributed by atoms with E-state index in [-0.39, 0.29) is 18.2 Å². The second kappa shape index (κ2) is 7.10. The van der Waals surface area contributed by atoms with Crippen LogP contribution < -0.4 is 10.0 Å². The van der Waals surface area contributed by atoms with Crippen LogP contribution in [0.5, 0.6) is 0 Å². The Labute approximate surface area is 136 Å². The number of aromatic nitrogens is 2. The number of pyridine rings is 1. The molecule has 7 nitrogen and oxygen atoms in total. The van der Waals surface area contributed by atoms with Crippen LogP contribution in [-0.2, 0) is 16.4 Å². The lowest BCUT2D eigenvalue weighted by Crippen LogP contribution is -2.33. The van der Waals surface area contributed by atoms with Gasteiger partial charge < -0.3 is 9.72 Å². The fourth-order valence-electron chi connectivity index (χ4n) is 2.26. The normalized spacial score (nSPS) is 12.0. The summed E-state index contributed by atoms with van der Waals surface area (Å²) in [5.41, 5.74) is 1.04. The smallest absolute Gasteiger partial charge is 0.272 e. The molecule has 0 aliphatic carbocycles. The van der Waals surface area contributed by atoms with Gasteiger partial charge in [-0.25, -0.2) is 18.1 Å². The molecule has 2 N–H and O–H groups in total. The van der Waals surface area contributed by atoms with Crippen LogP contribution in [0.25, 0.3) is 5.52 Å². The molecule has 2 aromatic heterocycles. The quantitative estimate of drug-likeness (QED) is 0.781. The first-order chi connectivity index (χ1) is 10.8. The number of carbonyl (C=O) groups excluding carboxylic acids is 1. The maximum absolute atomic E-state index is 12.3. The van der Waals surface area contributed by atoms with Gasteiger partial charge >= 0.3 is 0 Å². The lowest BCUT2D eigenvalue weighted by atomic mass is 10.1. The highest BCUT2D eigenvalue weighted by molar-refractivity contribution is 7.89. The van der Waals surface area contributed by atoms with Crippen LogP contribution in [0, 0.1) is 5.92 Å². The predicted octanol–water partition coefficient (Wildman–Crippen LogP) is 0.812. The predicted molar refractivity (Wildman–Crippen MR) is 88.9 cm³/mol. The molecule has 0 fully saturated rings. The monoisotopic (exact) mass is 338 g/mol. The Morgan fingerprint density at radius 1 is 1.35 bits per heavy atom. The van der Waals surface area contributed by atoms with E-state index in [2.05, 4.69) is 28.9 Å². The first-order valence-electron chi connectivity index (χ1n) is 7.49. The summed E-state index contributed by atoms with van der Waals surface area (Å²) in [7, 11) is -2.00. The first kappa shape index (κ1) is 17.4. The minimum Gasteiger partial charge on any atom is -0.350 e. The molecule has 0 saturated heterocycles. The number of imidazole rings is 1. The highest BCUT2D eigenvalue weighted by Crippen LogP contribution is 2.15. The van der Waals surface area contributed by atoms with Crippen LogP contribution in [-0.4, -0.2) is 43.1 Å². The molecule has 0 saturated carbocycles. The molecule has 0 unspecified atom stereocenters. The Balaban J connectivity index is 2.20. The second-order valence-corrected chi connectivity index (χ2v) is 7.76. The van der Waals surface area contributed by atoms with Crippen LogP contribution in [0.2, 0.25) is 0 Å². The van der Waals surface area contributed by atoms with Gasteiger partial charge in [-0.05, 0) is 25.1 Å². The molecule has 8 heteroatoms. The minimum absolute atomic E-state index is 0.0351. The molecule has 0 atom stereocenters. The van der Waals surface area contributed by atoms with E-state index in [4.69, 9.17) is 0 Å². The van der Waals surface area contributed by atoms with Crippen LogP contribution in [0.3, 0.4) is 0 Å². The number of amides is 1. The van der Waals surface area contributed by atoms with Gasteiger partial charge in [0.25, 0.3) is 5.91 Å². The number of hydrogen-bond donors (Lipinski definition) is 2. The molecule has 0 aromatic carbocycles. The number of fused-ring (bicyclic) bond motifs is 1. The zero-order valence-electron chi connectivity index (χ0n) is 13.5. The van der Waals surface area contributed by atoms with Crippen LogP contribution in [0.15, 0.2) is 24.4 Å². The van der Waals surface area contributed by atoms with E-state index < -0.39 is 10.0 Å². The Hall–Kier alpha value is -1.93. The summed E-state index contributed by atoms with van der Waals surface area (Å²) in [4.78, 5) is 16.8. The zero-order chi connectivity index (χ0) is 17.0. The van der Waals surface area contributed by atoms with Gasteiger partial charge in [0.15, 0.2) is 5.69 Å². The van der Waals surface area contributed by atoms with E-state index in [0.29, 0.717) is 11.6 Å². The van der Waals surface area contributed by atoms with Gasteiger partial charge in [-0.15, -0.1) is 0 Å². The molecule has 23 heavy (non-hydrogen) atoms. The highest BCUT2D eigenvalue weighted by Gasteiger charge is 2.18. The van der Waals surface area contributed by atoms with Crippen LogP contribution >= 0.6 is 0 Å². The van der Waals surface area contributed by atoms with Gasteiger partial charge in [-0.2, -0.15) is 0 Å². The van der Waals surface area contributed by atoms with E-state index >= 15 is 0 Å². The van der Waals surface area contributed by atoms with Gasteiger partial charge in [0, 0.05) is 19.2 Å². The van der Waals surface area contributed by atoms with E-state index in [1.54, 1.807) is 0 Å². The summed E-state index contributed by atoms with van der Waals surface area (Å²) in [6.45, 7) is 4.21. The lowest BCUT2D eigenvalue weighted by molar-refractivity contribution is 0.0953. The molecular weight excluding hydrogens is 316 g/mol. The van der Waals surface area contributed by atoms with Gasteiger partial charge in [-0.1, -0.05) is 19.9 Å². The van der Waals surface area contributed by atoms with Crippen molar-refractivity contribution in [3.8, 4) is 0 Å². The third-order valence-corrected chi connectivity index (χ3v) is 4.76. The summed E-state index contributed by atoms with van der Waals surface area (Å²) in [6.07, 6.45) is 2.63. The molecule has 0 aliphatic heterocycles. The van der Waals surface area contributed by atoms with Crippen molar-refractivity contribution in [2.75, 3.05) is 19.3 Å². The number of sulfonamides is 1. The molecule has 1 amide bonds. The summed E-state index contributed by atoms with van der Waals surface area (Å²) >= 11 is 0. The number of nitrogens with zero attached hydrogens (tertiary/aromatic N) is 2. The largest absolute Gasteiger partial charge is 0.350 e. The summed E-state index contributed by atoms with van der Waals surface area (Å²) in [5, 5.41) is 2.61.